The van der Waals surface area contributed by atoms with Crippen LogP contribution in [0, 0.1) is 20.8 Å². The van der Waals surface area contributed by atoms with Crippen molar-refractivity contribution >= 4 is 33.9 Å². The van der Waals surface area contributed by atoms with Gasteiger partial charge in [-0.05, 0) is 68.2 Å². The van der Waals surface area contributed by atoms with Gasteiger partial charge in [0.15, 0.2) is 5.11 Å². The third-order valence-corrected chi connectivity index (χ3v) is 4.79. The minimum Gasteiger partial charge on any atom is -0.362 e. The van der Waals surface area contributed by atoms with Gasteiger partial charge in [0.05, 0.1) is 0 Å². The number of para-hydroxylation sites is 1. The number of aromatic nitrogens is 1. The van der Waals surface area contributed by atoms with E-state index in [2.05, 4.69) is 72.8 Å². The SMILES string of the molecule is Cc1cccc(NC(=S)NCCc2c(C)[nH]c3ccccc23)c1C. The van der Waals surface area contributed by atoms with E-state index in [0.29, 0.717) is 5.11 Å². The van der Waals surface area contributed by atoms with E-state index in [1.165, 1.54) is 33.3 Å². The molecule has 0 aliphatic heterocycles. The Balaban J connectivity index is 1.60. The number of benzene rings is 2. The van der Waals surface area contributed by atoms with E-state index >= 15 is 0 Å². The predicted octanol–water partition coefficient (Wildman–Crippen LogP) is 4.62. The Labute approximate surface area is 148 Å². The first-order valence-electron chi connectivity index (χ1n) is 8.23. The number of rotatable bonds is 4. The van der Waals surface area contributed by atoms with Gasteiger partial charge in [-0.15, -0.1) is 0 Å². The Kier molecular flexibility index (Phi) is 4.86. The number of thiocarbonyl (C=S) groups is 1. The number of aryl methyl sites for hydroxylation is 2. The second-order valence-electron chi connectivity index (χ2n) is 6.15. The second kappa shape index (κ2) is 7.05. The molecule has 0 saturated heterocycles. The summed E-state index contributed by atoms with van der Waals surface area (Å²) in [5, 5.41) is 8.57. The lowest BCUT2D eigenvalue weighted by molar-refractivity contribution is 0.871. The molecule has 0 bridgehead atoms. The zero-order chi connectivity index (χ0) is 17.1. The Morgan fingerprint density at radius 2 is 1.83 bits per heavy atom. The molecule has 0 saturated carbocycles. The summed E-state index contributed by atoms with van der Waals surface area (Å²) in [5.41, 5.74) is 7.34. The first kappa shape index (κ1) is 16.5. The van der Waals surface area contributed by atoms with Gasteiger partial charge >= 0.3 is 0 Å². The van der Waals surface area contributed by atoms with E-state index in [0.717, 1.165) is 18.7 Å². The van der Waals surface area contributed by atoms with Gasteiger partial charge in [0.25, 0.3) is 0 Å². The lowest BCUT2D eigenvalue weighted by atomic mass is 10.1. The van der Waals surface area contributed by atoms with Gasteiger partial charge in [-0.25, -0.2) is 0 Å². The summed E-state index contributed by atoms with van der Waals surface area (Å²) in [4.78, 5) is 3.44. The molecule has 3 rings (SSSR count). The molecule has 0 fully saturated rings. The summed E-state index contributed by atoms with van der Waals surface area (Å²) in [6.45, 7) is 7.15. The lowest BCUT2D eigenvalue weighted by Crippen LogP contribution is -2.30. The first-order chi connectivity index (χ1) is 11.6. The highest BCUT2D eigenvalue weighted by Gasteiger charge is 2.08. The van der Waals surface area contributed by atoms with Crippen LogP contribution in [0.5, 0.6) is 0 Å². The molecule has 124 valence electrons. The van der Waals surface area contributed by atoms with E-state index in [1.54, 1.807) is 0 Å². The number of H-pyrrole nitrogens is 1. The largest absolute Gasteiger partial charge is 0.362 e. The quantitative estimate of drug-likeness (QED) is 0.608. The molecule has 2 aromatic carbocycles. The fourth-order valence-corrected chi connectivity index (χ4v) is 3.22. The van der Waals surface area contributed by atoms with Gasteiger partial charge in [-0.3, -0.25) is 0 Å². The Morgan fingerprint density at radius 1 is 1.04 bits per heavy atom. The molecule has 1 aromatic heterocycles. The van der Waals surface area contributed by atoms with Crippen LogP contribution in [-0.2, 0) is 6.42 Å². The summed E-state index contributed by atoms with van der Waals surface area (Å²) in [7, 11) is 0. The molecular formula is C20H23N3S. The number of fused-ring (bicyclic) bond motifs is 1. The molecule has 0 aliphatic carbocycles. The summed E-state index contributed by atoms with van der Waals surface area (Å²) in [6.07, 6.45) is 0.935. The molecule has 3 N–H and O–H groups in total. The van der Waals surface area contributed by atoms with Crippen molar-refractivity contribution in [1.82, 2.24) is 10.3 Å². The van der Waals surface area contributed by atoms with Gasteiger partial charge in [-0.2, -0.15) is 0 Å². The smallest absolute Gasteiger partial charge is 0.170 e. The Morgan fingerprint density at radius 3 is 2.67 bits per heavy atom. The van der Waals surface area contributed by atoms with E-state index in [4.69, 9.17) is 12.2 Å². The summed E-state index contributed by atoms with van der Waals surface area (Å²) < 4.78 is 0. The molecule has 4 heteroatoms. The minimum absolute atomic E-state index is 0.668. The first-order valence-corrected chi connectivity index (χ1v) is 8.64. The van der Waals surface area contributed by atoms with Crippen LogP contribution in [0.25, 0.3) is 10.9 Å². The fraction of sp³-hybridized carbons (Fsp3) is 0.250. The van der Waals surface area contributed by atoms with Crippen LogP contribution in [0.15, 0.2) is 42.5 Å². The maximum atomic E-state index is 5.43. The zero-order valence-electron chi connectivity index (χ0n) is 14.4. The molecule has 24 heavy (non-hydrogen) atoms. The van der Waals surface area contributed by atoms with Crippen LogP contribution in [0.3, 0.4) is 0 Å². The Bertz CT molecular complexity index is 880. The molecular weight excluding hydrogens is 314 g/mol. The zero-order valence-corrected chi connectivity index (χ0v) is 15.2. The normalized spacial score (nSPS) is 10.8. The van der Waals surface area contributed by atoms with E-state index in [9.17, 15) is 0 Å². The number of hydrogen-bond acceptors (Lipinski definition) is 1. The monoisotopic (exact) mass is 337 g/mol. The summed E-state index contributed by atoms with van der Waals surface area (Å²) in [5.74, 6) is 0. The standard InChI is InChI=1S/C20H23N3S/c1-13-7-6-10-18(14(13)2)23-20(24)21-12-11-16-15(3)22-19-9-5-4-8-17(16)19/h4-10,22H,11-12H2,1-3H3,(H2,21,23,24). The van der Waals surface area contributed by atoms with Crippen molar-refractivity contribution in [2.75, 3.05) is 11.9 Å². The number of nitrogens with one attached hydrogen (secondary N) is 3. The van der Waals surface area contributed by atoms with Crippen LogP contribution in [0.2, 0.25) is 0 Å². The fourth-order valence-electron chi connectivity index (χ4n) is 3.01. The van der Waals surface area contributed by atoms with Crippen LogP contribution in [-0.4, -0.2) is 16.6 Å². The molecule has 3 aromatic rings. The average molecular weight is 337 g/mol. The van der Waals surface area contributed by atoms with E-state index in [1.807, 2.05) is 6.07 Å². The second-order valence-corrected chi connectivity index (χ2v) is 6.56. The Hall–Kier alpha value is -2.33. The van der Waals surface area contributed by atoms with Crippen molar-refractivity contribution < 1.29 is 0 Å². The molecule has 0 atom stereocenters. The third kappa shape index (κ3) is 3.44. The minimum atomic E-state index is 0.668. The highest BCUT2D eigenvalue weighted by molar-refractivity contribution is 7.80. The molecule has 3 nitrogen and oxygen atoms in total. The maximum absolute atomic E-state index is 5.43. The van der Waals surface area contributed by atoms with Crippen molar-refractivity contribution in [2.45, 2.75) is 27.2 Å². The lowest BCUT2D eigenvalue weighted by Gasteiger charge is -2.13. The van der Waals surface area contributed by atoms with Crippen molar-refractivity contribution in [3.8, 4) is 0 Å². The van der Waals surface area contributed by atoms with Crippen molar-refractivity contribution in [2.24, 2.45) is 0 Å². The topological polar surface area (TPSA) is 39.8 Å². The van der Waals surface area contributed by atoms with Gasteiger partial charge in [-0.1, -0.05) is 30.3 Å². The van der Waals surface area contributed by atoms with E-state index < -0.39 is 0 Å². The molecule has 0 aliphatic rings. The number of hydrogen-bond donors (Lipinski definition) is 3. The summed E-state index contributed by atoms with van der Waals surface area (Å²) in [6, 6.07) is 14.6. The van der Waals surface area contributed by atoms with Crippen molar-refractivity contribution in [1.29, 1.82) is 0 Å². The van der Waals surface area contributed by atoms with Crippen LogP contribution >= 0.6 is 12.2 Å². The molecule has 0 spiro atoms. The van der Waals surface area contributed by atoms with Crippen LogP contribution in [0.1, 0.15) is 22.4 Å². The van der Waals surface area contributed by atoms with Gasteiger partial charge in [0, 0.05) is 28.8 Å². The van der Waals surface area contributed by atoms with Crippen LogP contribution in [0.4, 0.5) is 5.69 Å². The molecule has 0 radical (unpaired) electrons. The molecule has 0 amide bonds. The summed E-state index contributed by atoms with van der Waals surface area (Å²) >= 11 is 5.43. The number of anilines is 1. The van der Waals surface area contributed by atoms with Gasteiger partial charge in [0.1, 0.15) is 0 Å². The predicted molar refractivity (Wildman–Crippen MR) is 107 cm³/mol. The van der Waals surface area contributed by atoms with Crippen molar-refractivity contribution in [3.63, 3.8) is 0 Å². The average Bonchev–Trinajstić information content (AvgIpc) is 2.88. The van der Waals surface area contributed by atoms with Gasteiger partial charge < -0.3 is 15.6 Å². The molecule has 0 unspecified atom stereocenters. The number of aromatic amines is 1. The maximum Gasteiger partial charge on any atom is 0.170 e. The molecule has 1 heterocycles. The third-order valence-electron chi connectivity index (χ3n) is 4.54. The van der Waals surface area contributed by atoms with Crippen molar-refractivity contribution in [3.05, 3.63) is 64.8 Å². The van der Waals surface area contributed by atoms with Gasteiger partial charge in [0.2, 0.25) is 0 Å². The van der Waals surface area contributed by atoms with E-state index in [-0.39, 0.29) is 0 Å². The highest BCUT2D eigenvalue weighted by atomic mass is 32.1. The highest BCUT2D eigenvalue weighted by Crippen LogP contribution is 2.22. The van der Waals surface area contributed by atoms with Crippen LogP contribution < -0.4 is 10.6 Å².